The van der Waals surface area contributed by atoms with Gasteiger partial charge < -0.3 is 15.0 Å². The van der Waals surface area contributed by atoms with Crippen LogP contribution in [0.1, 0.15) is 18.1 Å². The van der Waals surface area contributed by atoms with Gasteiger partial charge in [-0.25, -0.2) is 0 Å². The van der Waals surface area contributed by atoms with Gasteiger partial charge in [-0.2, -0.15) is 0 Å². The van der Waals surface area contributed by atoms with Crippen LogP contribution in [0.4, 0.5) is 0 Å². The second-order valence-corrected chi connectivity index (χ2v) is 5.25. The lowest BCUT2D eigenvalue weighted by molar-refractivity contribution is 0.474. The van der Waals surface area contributed by atoms with Gasteiger partial charge in [0.15, 0.2) is 0 Å². The van der Waals surface area contributed by atoms with E-state index >= 15 is 0 Å². The van der Waals surface area contributed by atoms with Crippen molar-refractivity contribution in [2.75, 3.05) is 6.54 Å². The number of phenolic OH excluding ortho intramolecular Hbond substituents is 1. The molecule has 0 aliphatic carbocycles. The van der Waals surface area contributed by atoms with Crippen molar-refractivity contribution in [2.24, 2.45) is 0 Å². The van der Waals surface area contributed by atoms with Crippen molar-refractivity contribution in [1.29, 1.82) is 0 Å². The Labute approximate surface area is 124 Å². The maximum atomic E-state index is 9.61. The molecule has 3 heteroatoms. The molecule has 0 aliphatic heterocycles. The molecule has 0 unspecified atom stereocenters. The number of hydrogen-bond donors (Lipinski definition) is 2. The second-order valence-electron chi connectivity index (χ2n) is 5.25. The fourth-order valence-corrected chi connectivity index (χ4v) is 2.73. The Morgan fingerprint density at radius 2 is 1.95 bits per heavy atom. The molecule has 0 spiro atoms. The van der Waals surface area contributed by atoms with E-state index in [-0.39, 0.29) is 0 Å². The van der Waals surface area contributed by atoms with Crippen molar-refractivity contribution >= 4 is 10.9 Å². The number of fused-ring (bicyclic) bond motifs is 1. The van der Waals surface area contributed by atoms with E-state index < -0.39 is 0 Å². The summed E-state index contributed by atoms with van der Waals surface area (Å²) in [7, 11) is 0. The van der Waals surface area contributed by atoms with E-state index in [9.17, 15) is 5.11 Å². The molecule has 0 saturated carbocycles. The zero-order valence-electron chi connectivity index (χ0n) is 12.2. The molecular weight excluding hydrogens is 260 g/mol. The fraction of sp³-hybridized carbons (Fsp3) is 0.222. The quantitative estimate of drug-likeness (QED) is 0.750. The molecule has 0 atom stereocenters. The molecule has 3 rings (SSSR count). The molecule has 1 heterocycles. The van der Waals surface area contributed by atoms with Crippen molar-refractivity contribution in [1.82, 2.24) is 9.88 Å². The van der Waals surface area contributed by atoms with Crippen LogP contribution in [-0.4, -0.2) is 16.2 Å². The fourth-order valence-electron chi connectivity index (χ4n) is 2.73. The minimum atomic E-state index is 0.317. The van der Waals surface area contributed by atoms with E-state index in [1.165, 1.54) is 16.5 Å². The molecule has 0 radical (unpaired) electrons. The molecule has 0 bridgehead atoms. The van der Waals surface area contributed by atoms with Gasteiger partial charge in [0.25, 0.3) is 0 Å². The van der Waals surface area contributed by atoms with Gasteiger partial charge in [0.1, 0.15) is 5.75 Å². The van der Waals surface area contributed by atoms with Crippen LogP contribution in [0.2, 0.25) is 0 Å². The predicted molar refractivity (Wildman–Crippen MR) is 86.5 cm³/mol. The Bertz CT molecular complexity index is 746. The van der Waals surface area contributed by atoms with Crippen LogP contribution in [-0.2, 0) is 13.1 Å². The number of hydrogen-bond acceptors (Lipinski definition) is 2. The summed E-state index contributed by atoms with van der Waals surface area (Å²) in [5, 5.41) is 14.3. The highest BCUT2D eigenvalue weighted by Gasteiger charge is 2.07. The van der Waals surface area contributed by atoms with Crippen LogP contribution in [0.25, 0.3) is 10.9 Å². The monoisotopic (exact) mass is 280 g/mol. The molecule has 0 fully saturated rings. The Morgan fingerprint density at radius 3 is 2.76 bits per heavy atom. The van der Waals surface area contributed by atoms with Gasteiger partial charge in [-0.3, -0.25) is 0 Å². The average molecular weight is 280 g/mol. The third-order valence-electron chi connectivity index (χ3n) is 3.70. The zero-order chi connectivity index (χ0) is 14.7. The summed E-state index contributed by atoms with van der Waals surface area (Å²) in [5.74, 6) is 0.317. The Balaban J connectivity index is 1.98. The lowest BCUT2D eigenvalue weighted by atomic mass is 10.1. The molecule has 2 N–H and O–H groups in total. The van der Waals surface area contributed by atoms with Crippen LogP contribution in [0, 0.1) is 0 Å². The SMILES string of the molecule is CCNCc1cccc2ccn(Cc3cccc(O)c3)c12. The highest BCUT2D eigenvalue weighted by Crippen LogP contribution is 2.22. The minimum absolute atomic E-state index is 0.317. The minimum Gasteiger partial charge on any atom is -0.508 e. The smallest absolute Gasteiger partial charge is 0.115 e. The van der Waals surface area contributed by atoms with E-state index in [2.05, 4.69) is 47.3 Å². The number of rotatable bonds is 5. The van der Waals surface area contributed by atoms with Crippen LogP contribution in [0.5, 0.6) is 5.75 Å². The summed E-state index contributed by atoms with van der Waals surface area (Å²) in [6.07, 6.45) is 2.12. The molecular formula is C18H20N2O. The summed E-state index contributed by atoms with van der Waals surface area (Å²) in [5.41, 5.74) is 3.67. The van der Waals surface area contributed by atoms with Crippen LogP contribution in [0.15, 0.2) is 54.7 Å². The van der Waals surface area contributed by atoms with Crippen molar-refractivity contribution in [2.45, 2.75) is 20.0 Å². The maximum Gasteiger partial charge on any atom is 0.115 e. The van der Waals surface area contributed by atoms with Crippen LogP contribution in [0.3, 0.4) is 0 Å². The lowest BCUT2D eigenvalue weighted by Gasteiger charge is -2.11. The van der Waals surface area contributed by atoms with E-state index in [0.29, 0.717) is 5.75 Å². The average Bonchev–Trinajstić information content (AvgIpc) is 2.89. The summed E-state index contributed by atoms with van der Waals surface area (Å²) in [6, 6.07) is 16.0. The van der Waals surface area contributed by atoms with E-state index in [1.54, 1.807) is 6.07 Å². The Hall–Kier alpha value is -2.26. The molecule has 0 saturated heterocycles. The van der Waals surface area contributed by atoms with Crippen molar-refractivity contribution < 1.29 is 5.11 Å². The van der Waals surface area contributed by atoms with E-state index in [1.807, 2.05) is 18.2 Å². The van der Waals surface area contributed by atoms with Crippen LogP contribution < -0.4 is 5.32 Å². The number of phenols is 1. The van der Waals surface area contributed by atoms with Crippen molar-refractivity contribution in [3.63, 3.8) is 0 Å². The molecule has 0 amide bonds. The van der Waals surface area contributed by atoms with Gasteiger partial charge in [-0.1, -0.05) is 37.3 Å². The summed E-state index contributed by atoms with van der Waals surface area (Å²) in [6.45, 7) is 4.72. The molecule has 0 aliphatic rings. The first-order valence-electron chi connectivity index (χ1n) is 7.33. The number of benzene rings is 2. The summed E-state index contributed by atoms with van der Waals surface area (Å²) >= 11 is 0. The van der Waals surface area contributed by atoms with Gasteiger partial charge in [0.2, 0.25) is 0 Å². The largest absolute Gasteiger partial charge is 0.508 e. The third kappa shape index (κ3) is 2.93. The highest BCUT2D eigenvalue weighted by atomic mass is 16.3. The number of nitrogens with zero attached hydrogens (tertiary/aromatic N) is 1. The topological polar surface area (TPSA) is 37.2 Å². The lowest BCUT2D eigenvalue weighted by Crippen LogP contribution is -2.13. The van der Waals surface area contributed by atoms with Gasteiger partial charge in [-0.05, 0) is 41.3 Å². The maximum absolute atomic E-state index is 9.61. The zero-order valence-corrected chi connectivity index (χ0v) is 12.2. The molecule has 3 aromatic rings. The molecule has 3 nitrogen and oxygen atoms in total. The Morgan fingerprint density at radius 1 is 1.10 bits per heavy atom. The van der Waals surface area contributed by atoms with Gasteiger partial charge in [0, 0.05) is 19.3 Å². The van der Waals surface area contributed by atoms with E-state index in [4.69, 9.17) is 0 Å². The van der Waals surface area contributed by atoms with Crippen LogP contribution >= 0.6 is 0 Å². The normalized spacial score (nSPS) is 11.1. The predicted octanol–water partition coefficient (Wildman–Crippen LogP) is 3.50. The number of nitrogens with one attached hydrogen (secondary N) is 1. The first-order valence-corrected chi connectivity index (χ1v) is 7.33. The summed E-state index contributed by atoms with van der Waals surface area (Å²) < 4.78 is 2.25. The third-order valence-corrected chi connectivity index (χ3v) is 3.70. The highest BCUT2D eigenvalue weighted by molar-refractivity contribution is 5.83. The molecule has 1 aromatic heterocycles. The van der Waals surface area contributed by atoms with Gasteiger partial charge in [-0.15, -0.1) is 0 Å². The van der Waals surface area contributed by atoms with Crippen molar-refractivity contribution in [3.05, 3.63) is 65.9 Å². The second kappa shape index (κ2) is 6.02. The van der Waals surface area contributed by atoms with Gasteiger partial charge in [0.05, 0.1) is 5.52 Å². The Kier molecular flexibility index (Phi) is 3.93. The van der Waals surface area contributed by atoms with Crippen molar-refractivity contribution in [3.8, 4) is 5.75 Å². The first-order chi connectivity index (χ1) is 10.3. The first kappa shape index (κ1) is 13.7. The van der Waals surface area contributed by atoms with E-state index in [0.717, 1.165) is 25.2 Å². The number of para-hydroxylation sites is 1. The van der Waals surface area contributed by atoms with Gasteiger partial charge >= 0.3 is 0 Å². The molecule has 108 valence electrons. The molecule has 21 heavy (non-hydrogen) atoms. The summed E-state index contributed by atoms with van der Waals surface area (Å²) in [4.78, 5) is 0. The standard InChI is InChI=1S/C18H20N2O/c1-2-19-12-16-7-4-6-15-9-10-20(18(15)16)13-14-5-3-8-17(21)11-14/h3-11,19,21H,2,12-13H2,1H3. The number of aromatic nitrogens is 1. The number of aromatic hydroxyl groups is 1. The molecule has 2 aromatic carbocycles.